The molecule has 0 aliphatic rings. The number of hydrogen-bond donors (Lipinski definition) is 1. The normalized spacial score (nSPS) is 10.7. The molecular weight excluding hydrogens is 348 g/mol. The molecular formula is C20H20N2OS2. The van der Waals surface area contributed by atoms with Crippen LogP contribution in [0.4, 0.5) is 5.69 Å². The zero-order chi connectivity index (χ0) is 17.8. The molecule has 0 spiro atoms. The van der Waals surface area contributed by atoms with Gasteiger partial charge < -0.3 is 5.32 Å². The number of amides is 1. The van der Waals surface area contributed by atoms with Gasteiger partial charge in [0.05, 0.1) is 11.4 Å². The molecule has 25 heavy (non-hydrogen) atoms. The Bertz CT molecular complexity index is 885. The number of thioether (sulfide) groups is 1. The molecule has 1 amide bonds. The molecule has 2 aromatic carbocycles. The lowest BCUT2D eigenvalue weighted by atomic mass is 10.1. The van der Waals surface area contributed by atoms with Crippen LogP contribution in [0.2, 0.25) is 0 Å². The number of nitrogens with zero attached hydrogens (tertiary/aromatic N) is 1. The second-order valence-electron chi connectivity index (χ2n) is 6.00. The van der Waals surface area contributed by atoms with Gasteiger partial charge in [0.15, 0.2) is 4.34 Å². The molecule has 1 N–H and O–H groups in total. The van der Waals surface area contributed by atoms with Crippen molar-refractivity contribution >= 4 is 34.7 Å². The van der Waals surface area contributed by atoms with Gasteiger partial charge >= 0.3 is 0 Å². The van der Waals surface area contributed by atoms with Crippen LogP contribution in [0.25, 0.3) is 11.3 Å². The Labute approximate surface area is 156 Å². The Hall–Kier alpha value is -2.11. The Kier molecular flexibility index (Phi) is 5.56. The van der Waals surface area contributed by atoms with Crippen molar-refractivity contribution in [1.29, 1.82) is 0 Å². The van der Waals surface area contributed by atoms with Gasteiger partial charge in [0.2, 0.25) is 5.91 Å². The quantitative estimate of drug-likeness (QED) is 0.608. The Morgan fingerprint density at radius 2 is 1.84 bits per heavy atom. The van der Waals surface area contributed by atoms with E-state index in [4.69, 9.17) is 0 Å². The largest absolute Gasteiger partial charge is 0.325 e. The summed E-state index contributed by atoms with van der Waals surface area (Å²) in [5, 5.41) is 4.98. The van der Waals surface area contributed by atoms with Gasteiger partial charge in [0, 0.05) is 16.6 Å². The Balaban J connectivity index is 1.57. The van der Waals surface area contributed by atoms with Crippen LogP contribution in [-0.2, 0) is 4.79 Å². The molecule has 1 aromatic heterocycles. The number of benzene rings is 2. The summed E-state index contributed by atoms with van der Waals surface area (Å²) in [6, 6.07) is 14.3. The molecule has 0 bridgehead atoms. The zero-order valence-electron chi connectivity index (χ0n) is 14.5. The fourth-order valence-corrected chi connectivity index (χ4v) is 3.96. The fourth-order valence-electron chi connectivity index (χ4n) is 2.32. The predicted octanol–water partition coefficient (Wildman–Crippen LogP) is 5.47. The molecule has 0 saturated carbocycles. The number of aromatic nitrogens is 1. The number of carbonyl (C=O) groups excluding carboxylic acids is 1. The maximum Gasteiger partial charge on any atom is 0.234 e. The number of nitrogens with one attached hydrogen (secondary N) is 1. The van der Waals surface area contributed by atoms with Crippen molar-refractivity contribution in [3.63, 3.8) is 0 Å². The van der Waals surface area contributed by atoms with Crippen molar-refractivity contribution < 1.29 is 4.79 Å². The number of carbonyl (C=O) groups is 1. The van der Waals surface area contributed by atoms with Crippen LogP contribution in [0.15, 0.2) is 52.2 Å². The standard InChI is InChI=1S/C20H20N2OS2/c1-13-4-7-16(8-5-13)18-11-24-20(22-18)25-12-19(23)21-17-9-6-14(2)15(3)10-17/h4-11H,12H2,1-3H3,(H,21,23). The third kappa shape index (κ3) is 4.71. The summed E-state index contributed by atoms with van der Waals surface area (Å²) in [5.74, 6) is 0.341. The van der Waals surface area contributed by atoms with Crippen LogP contribution in [0.3, 0.4) is 0 Å². The van der Waals surface area contributed by atoms with E-state index in [2.05, 4.69) is 48.4 Å². The lowest BCUT2D eigenvalue weighted by Crippen LogP contribution is -2.14. The molecule has 0 fully saturated rings. The number of anilines is 1. The molecule has 0 unspecified atom stereocenters. The zero-order valence-corrected chi connectivity index (χ0v) is 16.1. The predicted molar refractivity (Wildman–Crippen MR) is 108 cm³/mol. The molecule has 128 valence electrons. The monoisotopic (exact) mass is 368 g/mol. The molecule has 3 nitrogen and oxygen atoms in total. The van der Waals surface area contributed by atoms with Crippen LogP contribution < -0.4 is 5.32 Å². The van der Waals surface area contributed by atoms with Crippen LogP contribution in [0.1, 0.15) is 16.7 Å². The first-order chi connectivity index (χ1) is 12.0. The summed E-state index contributed by atoms with van der Waals surface area (Å²) in [6.07, 6.45) is 0. The lowest BCUT2D eigenvalue weighted by molar-refractivity contribution is -0.113. The van der Waals surface area contributed by atoms with Gasteiger partial charge in [0.1, 0.15) is 0 Å². The van der Waals surface area contributed by atoms with E-state index in [0.29, 0.717) is 5.75 Å². The minimum Gasteiger partial charge on any atom is -0.325 e. The topological polar surface area (TPSA) is 42.0 Å². The van der Waals surface area contributed by atoms with Gasteiger partial charge in [0.25, 0.3) is 0 Å². The minimum atomic E-state index is -0.0136. The molecule has 3 rings (SSSR count). The maximum atomic E-state index is 12.1. The van der Waals surface area contributed by atoms with Crippen molar-refractivity contribution in [3.05, 3.63) is 64.5 Å². The van der Waals surface area contributed by atoms with Crippen LogP contribution in [-0.4, -0.2) is 16.6 Å². The average Bonchev–Trinajstić information content (AvgIpc) is 3.06. The van der Waals surface area contributed by atoms with Crippen molar-refractivity contribution in [2.45, 2.75) is 25.1 Å². The number of hydrogen-bond acceptors (Lipinski definition) is 4. The molecule has 0 aliphatic heterocycles. The van der Waals surface area contributed by atoms with Gasteiger partial charge in [-0.3, -0.25) is 4.79 Å². The van der Waals surface area contributed by atoms with Gasteiger partial charge in [-0.25, -0.2) is 4.98 Å². The van der Waals surface area contributed by atoms with Crippen molar-refractivity contribution in [2.24, 2.45) is 0 Å². The first kappa shape index (κ1) is 17.7. The number of rotatable bonds is 5. The summed E-state index contributed by atoms with van der Waals surface area (Å²) < 4.78 is 0.908. The highest BCUT2D eigenvalue weighted by molar-refractivity contribution is 8.01. The fraction of sp³-hybridized carbons (Fsp3) is 0.200. The maximum absolute atomic E-state index is 12.1. The highest BCUT2D eigenvalue weighted by atomic mass is 32.2. The summed E-state index contributed by atoms with van der Waals surface area (Å²) in [5.41, 5.74) is 6.53. The van der Waals surface area contributed by atoms with E-state index in [1.54, 1.807) is 11.3 Å². The van der Waals surface area contributed by atoms with E-state index in [0.717, 1.165) is 21.3 Å². The van der Waals surface area contributed by atoms with E-state index in [-0.39, 0.29) is 5.91 Å². The lowest BCUT2D eigenvalue weighted by Gasteiger charge is -2.07. The summed E-state index contributed by atoms with van der Waals surface area (Å²) >= 11 is 3.04. The van der Waals surface area contributed by atoms with E-state index < -0.39 is 0 Å². The first-order valence-corrected chi connectivity index (χ1v) is 9.90. The second kappa shape index (κ2) is 7.85. The smallest absolute Gasteiger partial charge is 0.234 e. The van der Waals surface area contributed by atoms with E-state index in [1.807, 2.05) is 30.5 Å². The average molecular weight is 369 g/mol. The second-order valence-corrected chi connectivity index (χ2v) is 8.08. The first-order valence-electron chi connectivity index (χ1n) is 8.04. The van der Waals surface area contributed by atoms with E-state index in [1.165, 1.54) is 28.5 Å². The van der Waals surface area contributed by atoms with Crippen molar-refractivity contribution in [3.8, 4) is 11.3 Å². The Morgan fingerprint density at radius 1 is 1.08 bits per heavy atom. The molecule has 5 heteroatoms. The van der Waals surface area contributed by atoms with Crippen molar-refractivity contribution in [1.82, 2.24) is 4.98 Å². The van der Waals surface area contributed by atoms with Crippen LogP contribution in [0.5, 0.6) is 0 Å². The summed E-state index contributed by atoms with van der Waals surface area (Å²) in [7, 11) is 0. The highest BCUT2D eigenvalue weighted by Gasteiger charge is 2.09. The van der Waals surface area contributed by atoms with Crippen molar-refractivity contribution in [2.75, 3.05) is 11.1 Å². The Morgan fingerprint density at radius 3 is 2.56 bits per heavy atom. The van der Waals surface area contributed by atoms with Gasteiger partial charge in [-0.05, 0) is 44.0 Å². The summed E-state index contributed by atoms with van der Waals surface area (Å²) in [4.78, 5) is 16.8. The SMILES string of the molecule is Cc1ccc(-c2csc(SCC(=O)Nc3ccc(C)c(C)c3)n2)cc1. The molecule has 0 radical (unpaired) electrons. The molecule has 0 saturated heterocycles. The van der Waals surface area contributed by atoms with Crippen LogP contribution >= 0.6 is 23.1 Å². The third-order valence-corrected chi connectivity index (χ3v) is 5.97. The number of thiazole rings is 1. The molecule has 0 atom stereocenters. The highest BCUT2D eigenvalue weighted by Crippen LogP contribution is 2.28. The molecule has 1 heterocycles. The molecule has 0 aliphatic carbocycles. The minimum absolute atomic E-state index is 0.0136. The van der Waals surface area contributed by atoms with E-state index >= 15 is 0 Å². The van der Waals surface area contributed by atoms with Crippen LogP contribution in [0, 0.1) is 20.8 Å². The summed E-state index contributed by atoms with van der Waals surface area (Å²) in [6.45, 7) is 6.17. The van der Waals surface area contributed by atoms with Gasteiger partial charge in [-0.15, -0.1) is 11.3 Å². The molecule has 3 aromatic rings. The van der Waals surface area contributed by atoms with Gasteiger partial charge in [-0.2, -0.15) is 0 Å². The third-order valence-electron chi connectivity index (χ3n) is 3.95. The number of aryl methyl sites for hydroxylation is 3. The van der Waals surface area contributed by atoms with Gasteiger partial charge in [-0.1, -0.05) is 47.7 Å². The van der Waals surface area contributed by atoms with E-state index in [9.17, 15) is 4.79 Å².